The summed E-state index contributed by atoms with van der Waals surface area (Å²) in [4.78, 5) is 11.6. The predicted octanol–water partition coefficient (Wildman–Crippen LogP) is 1.60. The van der Waals surface area contributed by atoms with E-state index in [0.29, 0.717) is 18.9 Å². The zero-order valence-corrected chi connectivity index (χ0v) is 9.46. The summed E-state index contributed by atoms with van der Waals surface area (Å²) in [6, 6.07) is 0.306. The van der Waals surface area contributed by atoms with Crippen molar-refractivity contribution in [2.45, 2.75) is 63.5 Å². The van der Waals surface area contributed by atoms with Gasteiger partial charge in [-0.2, -0.15) is 0 Å². The van der Waals surface area contributed by atoms with Gasteiger partial charge in [0.15, 0.2) is 0 Å². The maximum atomic E-state index is 11.6. The normalized spacial score (nSPS) is 33.5. The second-order valence-corrected chi connectivity index (χ2v) is 5.14. The SMILES string of the molecule is CC[C@@H]1CCC[C@@H](NC(=O)C2(O)CC2)C1. The van der Waals surface area contributed by atoms with Crippen molar-refractivity contribution in [1.82, 2.24) is 5.32 Å². The Morgan fingerprint density at radius 1 is 1.47 bits per heavy atom. The molecule has 2 aliphatic carbocycles. The van der Waals surface area contributed by atoms with Crippen LogP contribution in [0.4, 0.5) is 0 Å². The molecule has 0 aliphatic heterocycles. The van der Waals surface area contributed by atoms with Crippen molar-refractivity contribution in [3.63, 3.8) is 0 Å². The Kier molecular flexibility index (Phi) is 3.01. The number of carbonyl (C=O) groups excluding carboxylic acids is 1. The first-order valence-corrected chi connectivity index (χ1v) is 6.17. The highest BCUT2D eigenvalue weighted by atomic mass is 16.3. The minimum Gasteiger partial charge on any atom is -0.380 e. The van der Waals surface area contributed by atoms with E-state index in [4.69, 9.17) is 0 Å². The van der Waals surface area contributed by atoms with Gasteiger partial charge in [-0.05, 0) is 31.6 Å². The third-order valence-corrected chi connectivity index (χ3v) is 3.84. The second-order valence-electron chi connectivity index (χ2n) is 5.14. The fourth-order valence-electron chi connectivity index (χ4n) is 2.46. The highest BCUT2D eigenvalue weighted by Crippen LogP contribution is 2.36. The van der Waals surface area contributed by atoms with Crippen molar-refractivity contribution >= 4 is 5.91 Å². The van der Waals surface area contributed by atoms with E-state index in [9.17, 15) is 9.90 Å². The zero-order valence-electron chi connectivity index (χ0n) is 9.46. The van der Waals surface area contributed by atoms with Gasteiger partial charge in [0, 0.05) is 6.04 Å². The Labute approximate surface area is 91.2 Å². The number of amides is 1. The van der Waals surface area contributed by atoms with E-state index in [1.165, 1.54) is 19.3 Å². The van der Waals surface area contributed by atoms with Crippen LogP contribution in [-0.4, -0.2) is 22.7 Å². The van der Waals surface area contributed by atoms with Crippen LogP contribution in [-0.2, 0) is 4.79 Å². The van der Waals surface area contributed by atoms with Gasteiger partial charge in [-0.3, -0.25) is 4.79 Å². The summed E-state index contributed by atoms with van der Waals surface area (Å²) in [6.07, 6.45) is 7.17. The van der Waals surface area contributed by atoms with Crippen molar-refractivity contribution in [2.24, 2.45) is 5.92 Å². The molecule has 15 heavy (non-hydrogen) atoms. The van der Waals surface area contributed by atoms with Crippen LogP contribution in [0.2, 0.25) is 0 Å². The van der Waals surface area contributed by atoms with Gasteiger partial charge in [-0.25, -0.2) is 0 Å². The van der Waals surface area contributed by atoms with E-state index in [0.717, 1.165) is 18.8 Å². The van der Waals surface area contributed by atoms with Gasteiger partial charge >= 0.3 is 0 Å². The summed E-state index contributed by atoms with van der Waals surface area (Å²) >= 11 is 0. The number of hydrogen-bond acceptors (Lipinski definition) is 2. The molecule has 1 amide bonds. The molecule has 3 heteroatoms. The standard InChI is InChI=1S/C12H21NO2/c1-2-9-4-3-5-10(8-9)13-11(14)12(15)6-7-12/h9-10,15H,2-8H2,1H3,(H,13,14)/t9-,10-/m1/s1. The van der Waals surface area contributed by atoms with Gasteiger partial charge in [0.05, 0.1) is 0 Å². The largest absolute Gasteiger partial charge is 0.380 e. The number of hydrogen-bond donors (Lipinski definition) is 2. The molecule has 0 unspecified atom stereocenters. The molecule has 86 valence electrons. The van der Waals surface area contributed by atoms with E-state index >= 15 is 0 Å². The monoisotopic (exact) mass is 211 g/mol. The van der Waals surface area contributed by atoms with Crippen LogP contribution in [0.3, 0.4) is 0 Å². The molecule has 2 saturated carbocycles. The lowest BCUT2D eigenvalue weighted by molar-refractivity contribution is -0.132. The van der Waals surface area contributed by atoms with Gasteiger partial charge in [-0.1, -0.05) is 26.2 Å². The molecule has 0 saturated heterocycles. The fourth-order valence-corrected chi connectivity index (χ4v) is 2.46. The van der Waals surface area contributed by atoms with Crippen molar-refractivity contribution in [3.05, 3.63) is 0 Å². The molecule has 3 nitrogen and oxygen atoms in total. The Morgan fingerprint density at radius 3 is 2.80 bits per heavy atom. The third kappa shape index (κ3) is 2.51. The lowest BCUT2D eigenvalue weighted by atomic mass is 9.84. The van der Waals surface area contributed by atoms with E-state index in [1.807, 2.05) is 0 Å². The average molecular weight is 211 g/mol. The van der Waals surface area contributed by atoms with Crippen LogP contribution in [0.25, 0.3) is 0 Å². The van der Waals surface area contributed by atoms with Gasteiger partial charge in [-0.15, -0.1) is 0 Å². The van der Waals surface area contributed by atoms with Gasteiger partial charge in [0.2, 0.25) is 0 Å². The quantitative estimate of drug-likeness (QED) is 0.745. The van der Waals surface area contributed by atoms with Crippen LogP contribution in [0.5, 0.6) is 0 Å². The van der Waals surface area contributed by atoms with Crippen LogP contribution >= 0.6 is 0 Å². The molecule has 0 aromatic heterocycles. The van der Waals surface area contributed by atoms with E-state index in [2.05, 4.69) is 12.2 Å². The summed E-state index contributed by atoms with van der Waals surface area (Å²) in [6.45, 7) is 2.21. The maximum absolute atomic E-state index is 11.6. The molecule has 0 heterocycles. The Balaban J connectivity index is 1.81. The molecule has 2 fully saturated rings. The van der Waals surface area contributed by atoms with Crippen LogP contribution in [0, 0.1) is 5.92 Å². The molecular weight excluding hydrogens is 190 g/mol. The van der Waals surface area contributed by atoms with Crippen molar-refractivity contribution in [1.29, 1.82) is 0 Å². The van der Waals surface area contributed by atoms with Gasteiger partial charge < -0.3 is 10.4 Å². The minimum atomic E-state index is -1.00. The molecule has 0 aromatic carbocycles. The van der Waals surface area contributed by atoms with Crippen molar-refractivity contribution < 1.29 is 9.90 Å². The number of carbonyl (C=O) groups is 1. The lowest BCUT2D eigenvalue weighted by Gasteiger charge is -2.29. The first-order chi connectivity index (χ1) is 7.14. The predicted molar refractivity (Wildman–Crippen MR) is 58.4 cm³/mol. The highest BCUT2D eigenvalue weighted by molar-refractivity contribution is 5.87. The first-order valence-electron chi connectivity index (χ1n) is 6.17. The van der Waals surface area contributed by atoms with E-state index in [-0.39, 0.29) is 5.91 Å². The van der Waals surface area contributed by atoms with E-state index < -0.39 is 5.60 Å². The lowest BCUT2D eigenvalue weighted by Crippen LogP contribution is -2.44. The molecular formula is C12H21NO2. The Hall–Kier alpha value is -0.570. The van der Waals surface area contributed by atoms with Gasteiger partial charge in [0.1, 0.15) is 5.60 Å². The molecule has 2 N–H and O–H groups in total. The van der Waals surface area contributed by atoms with Crippen LogP contribution in [0.15, 0.2) is 0 Å². The van der Waals surface area contributed by atoms with Crippen LogP contribution in [0.1, 0.15) is 51.9 Å². The fraction of sp³-hybridized carbons (Fsp3) is 0.917. The molecule has 0 spiro atoms. The van der Waals surface area contributed by atoms with E-state index in [1.54, 1.807) is 0 Å². The summed E-state index contributed by atoms with van der Waals surface area (Å²) in [7, 11) is 0. The van der Waals surface area contributed by atoms with Gasteiger partial charge in [0.25, 0.3) is 5.91 Å². The number of nitrogens with one attached hydrogen (secondary N) is 1. The molecule has 2 atom stereocenters. The van der Waals surface area contributed by atoms with Crippen molar-refractivity contribution in [2.75, 3.05) is 0 Å². The third-order valence-electron chi connectivity index (χ3n) is 3.84. The Bertz CT molecular complexity index is 248. The molecule has 2 aliphatic rings. The summed E-state index contributed by atoms with van der Waals surface area (Å²) in [5.74, 6) is 0.627. The van der Waals surface area contributed by atoms with Crippen LogP contribution < -0.4 is 5.32 Å². The molecule has 0 bridgehead atoms. The summed E-state index contributed by atoms with van der Waals surface area (Å²) < 4.78 is 0. The minimum absolute atomic E-state index is 0.135. The average Bonchev–Trinajstić information content (AvgIpc) is 2.98. The maximum Gasteiger partial charge on any atom is 0.252 e. The molecule has 0 aromatic rings. The molecule has 0 radical (unpaired) electrons. The number of aliphatic hydroxyl groups is 1. The number of rotatable bonds is 3. The van der Waals surface area contributed by atoms with Crippen molar-refractivity contribution in [3.8, 4) is 0 Å². The summed E-state index contributed by atoms with van der Waals surface area (Å²) in [5.41, 5.74) is -1.00. The molecule has 2 rings (SSSR count). The second kappa shape index (κ2) is 4.12. The highest BCUT2D eigenvalue weighted by Gasteiger charge is 2.48. The Morgan fingerprint density at radius 2 is 2.20 bits per heavy atom. The summed E-state index contributed by atoms with van der Waals surface area (Å²) in [5, 5.41) is 12.6. The smallest absolute Gasteiger partial charge is 0.252 e. The zero-order chi connectivity index (χ0) is 10.9. The topological polar surface area (TPSA) is 49.3 Å². The first kappa shape index (κ1) is 10.9.